The van der Waals surface area contributed by atoms with Crippen LogP contribution in [0.15, 0.2) is 58.7 Å². The van der Waals surface area contributed by atoms with Crippen molar-refractivity contribution >= 4 is 11.3 Å². The number of hydrogen-bond acceptors (Lipinski definition) is 4. The number of thiazole rings is 1. The maximum Gasteiger partial charge on any atom is 0.126 e. The van der Waals surface area contributed by atoms with Gasteiger partial charge in [-0.05, 0) is 11.6 Å². The summed E-state index contributed by atoms with van der Waals surface area (Å²) in [5.74, 6) is 0. The summed E-state index contributed by atoms with van der Waals surface area (Å²) >= 11 is 1.62. The van der Waals surface area contributed by atoms with Crippen LogP contribution in [0.1, 0.15) is 17.3 Å². The second-order valence-electron chi connectivity index (χ2n) is 4.38. The van der Waals surface area contributed by atoms with Gasteiger partial charge in [0.15, 0.2) is 0 Å². The van der Waals surface area contributed by atoms with Crippen LogP contribution in [-0.4, -0.2) is 4.98 Å². The highest BCUT2D eigenvalue weighted by Gasteiger charge is 2.11. The van der Waals surface area contributed by atoms with Crippen molar-refractivity contribution in [2.75, 3.05) is 0 Å². The molecular weight excluding hydrogens is 256 g/mol. The summed E-state index contributed by atoms with van der Waals surface area (Å²) in [6, 6.07) is 12.0. The molecule has 0 aliphatic carbocycles. The molecule has 1 unspecified atom stereocenters. The Morgan fingerprint density at radius 2 is 2.05 bits per heavy atom. The molecule has 19 heavy (non-hydrogen) atoms. The normalized spacial score (nSPS) is 12.5. The maximum absolute atomic E-state index is 6.20. The zero-order valence-corrected chi connectivity index (χ0v) is 11.1. The molecule has 96 valence electrons. The maximum atomic E-state index is 6.20. The number of rotatable bonds is 4. The van der Waals surface area contributed by atoms with Gasteiger partial charge in [0, 0.05) is 23.4 Å². The van der Waals surface area contributed by atoms with Gasteiger partial charge in [0.25, 0.3) is 0 Å². The summed E-state index contributed by atoms with van der Waals surface area (Å²) in [6.45, 7) is 0. The van der Waals surface area contributed by atoms with E-state index >= 15 is 0 Å². The van der Waals surface area contributed by atoms with E-state index in [0.717, 1.165) is 28.2 Å². The molecule has 0 saturated carbocycles. The summed E-state index contributed by atoms with van der Waals surface area (Å²) in [4.78, 5) is 4.60. The van der Waals surface area contributed by atoms with E-state index in [1.165, 1.54) is 0 Å². The minimum absolute atomic E-state index is 0.0134. The van der Waals surface area contributed by atoms with Crippen molar-refractivity contribution in [3.8, 4) is 10.6 Å². The van der Waals surface area contributed by atoms with Crippen molar-refractivity contribution in [3.63, 3.8) is 0 Å². The van der Waals surface area contributed by atoms with Gasteiger partial charge in [-0.25, -0.2) is 4.98 Å². The fourth-order valence-corrected chi connectivity index (χ4v) is 2.78. The van der Waals surface area contributed by atoms with Crippen LogP contribution < -0.4 is 5.73 Å². The Morgan fingerprint density at radius 1 is 1.21 bits per heavy atom. The summed E-state index contributed by atoms with van der Waals surface area (Å²) < 4.78 is 5.07. The fraction of sp³-hybridized carbons (Fsp3) is 0.133. The largest absolute Gasteiger partial charge is 0.472 e. The Morgan fingerprint density at radius 3 is 2.79 bits per heavy atom. The van der Waals surface area contributed by atoms with Crippen molar-refractivity contribution in [2.24, 2.45) is 5.73 Å². The number of benzene rings is 1. The molecule has 1 aromatic carbocycles. The van der Waals surface area contributed by atoms with Crippen molar-refractivity contribution in [1.82, 2.24) is 4.98 Å². The van der Waals surface area contributed by atoms with Crippen molar-refractivity contribution in [2.45, 2.75) is 12.5 Å². The van der Waals surface area contributed by atoms with Crippen LogP contribution in [0.3, 0.4) is 0 Å². The third-order valence-electron chi connectivity index (χ3n) is 2.98. The highest BCUT2D eigenvalue weighted by molar-refractivity contribution is 7.13. The van der Waals surface area contributed by atoms with E-state index in [-0.39, 0.29) is 6.04 Å². The third-order valence-corrected chi connectivity index (χ3v) is 3.92. The highest BCUT2D eigenvalue weighted by atomic mass is 32.1. The molecule has 0 saturated heterocycles. The lowest BCUT2D eigenvalue weighted by Gasteiger charge is -2.09. The van der Waals surface area contributed by atoms with E-state index in [1.807, 2.05) is 36.4 Å². The Labute approximate surface area is 115 Å². The Balaban J connectivity index is 1.74. The first kappa shape index (κ1) is 12.1. The topological polar surface area (TPSA) is 52.0 Å². The first-order valence-corrected chi connectivity index (χ1v) is 6.98. The molecule has 1 atom stereocenters. The molecule has 3 aromatic rings. The molecule has 0 fully saturated rings. The Kier molecular flexibility index (Phi) is 3.44. The van der Waals surface area contributed by atoms with Gasteiger partial charge < -0.3 is 10.2 Å². The standard InChI is InChI=1S/C15H14N2OS/c16-14(11-4-2-1-3-5-11)8-13-10-19-15(17-13)12-6-7-18-9-12/h1-7,9-10,14H,8,16H2. The van der Waals surface area contributed by atoms with Gasteiger partial charge in [-0.2, -0.15) is 0 Å². The molecule has 3 nitrogen and oxygen atoms in total. The highest BCUT2D eigenvalue weighted by Crippen LogP contribution is 2.25. The molecule has 0 amide bonds. The number of nitrogens with two attached hydrogens (primary N) is 1. The average Bonchev–Trinajstić information content (AvgIpc) is 3.10. The van der Waals surface area contributed by atoms with Gasteiger partial charge in [-0.15, -0.1) is 11.3 Å². The molecular formula is C15H14N2OS. The number of hydrogen-bond donors (Lipinski definition) is 1. The molecule has 0 aliphatic rings. The second kappa shape index (κ2) is 5.38. The van der Waals surface area contributed by atoms with Crippen molar-refractivity contribution in [3.05, 3.63) is 65.6 Å². The predicted molar refractivity (Wildman–Crippen MR) is 76.9 cm³/mol. The molecule has 0 radical (unpaired) electrons. The third kappa shape index (κ3) is 2.75. The first-order chi connectivity index (χ1) is 9.33. The number of aromatic nitrogens is 1. The van der Waals surface area contributed by atoms with Gasteiger partial charge in [0.1, 0.15) is 11.3 Å². The minimum Gasteiger partial charge on any atom is -0.472 e. The Bertz CT molecular complexity index is 631. The summed E-state index contributed by atoms with van der Waals surface area (Å²) in [7, 11) is 0. The van der Waals surface area contributed by atoms with Gasteiger partial charge in [-0.3, -0.25) is 0 Å². The molecule has 0 aliphatic heterocycles. The quantitative estimate of drug-likeness (QED) is 0.787. The molecule has 0 spiro atoms. The van der Waals surface area contributed by atoms with Crippen LogP contribution in [0.5, 0.6) is 0 Å². The second-order valence-corrected chi connectivity index (χ2v) is 5.24. The van der Waals surface area contributed by atoms with Crippen molar-refractivity contribution in [1.29, 1.82) is 0 Å². The lowest BCUT2D eigenvalue weighted by molar-refractivity contribution is 0.568. The van der Waals surface area contributed by atoms with Crippen LogP contribution in [0.4, 0.5) is 0 Å². The smallest absolute Gasteiger partial charge is 0.126 e. The van der Waals surface area contributed by atoms with Crippen LogP contribution in [-0.2, 0) is 6.42 Å². The lowest BCUT2D eigenvalue weighted by atomic mass is 10.0. The van der Waals surface area contributed by atoms with Crippen LogP contribution in [0.25, 0.3) is 10.6 Å². The van der Waals surface area contributed by atoms with E-state index < -0.39 is 0 Å². The van der Waals surface area contributed by atoms with E-state index in [9.17, 15) is 0 Å². The van der Waals surface area contributed by atoms with Gasteiger partial charge in [-0.1, -0.05) is 30.3 Å². The molecule has 2 N–H and O–H groups in total. The SMILES string of the molecule is NC(Cc1csc(-c2ccoc2)n1)c1ccccc1. The zero-order valence-electron chi connectivity index (χ0n) is 10.3. The minimum atomic E-state index is -0.0134. The van der Waals surface area contributed by atoms with E-state index in [4.69, 9.17) is 10.2 Å². The van der Waals surface area contributed by atoms with E-state index in [1.54, 1.807) is 23.9 Å². The van der Waals surface area contributed by atoms with Gasteiger partial charge in [0.05, 0.1) is 12.0 Å². The first-order valence-electron chi connectivity index (χ1n) is 6.10. The molecule has 4 heteroatoms. The average molecular weight is 270 g/mol. The molecule has 2 aromatic heterocycles. The van der Waals surface area contributed by atoms with E-state index in [0.29, 0.717) is 0 Å². The van der Waals surface area contributed by atoms with Crippen molar-refractivity contribution < 1.29 is 4.42 Å². The van der Waals surface area contributed by atoms with Gasteiger partial charge >= 0.3 is 0 Å². The number of furan rings is 1. The molecule has 2 heterocycles. The monoisotopic (exact) mass is 270 g/mol. The fourth-order valence-electron chi connectivity index (χ4n) is 1.96. The summed E-state index contributed by atoms with van der Waals surface area (Å²) in [6.07, 6.45) is 4.12. The molecule has 3 rings (SSSR count). The van der Waals surface area contributed by atoms with E-state index in [2.05, 4.69) is 10.4 Å². The van der Waals surface area contributed by atoms with Crippen LogP contribution >= 0.6 is 11.3 Å². The van der Waals surface area contributed by atoms with Crippen LogP contribution in [0.2, 0.25) is 0 Å². The summed E-state index contributed by atoms with van der Waals surface area (Å²) in [5.41, 5.74) is 9.38. The Hall–Kier alpha value is -1.91. The predicted octanol–water partition coefficient (Wildman–Crippen LogP) is 3.65. The number of nitrogens with zero attached hydrogens (tertiary/aromatic N) is 1. The lowest BCUT2D eigenvalue weighted by Crippen LogP contribution is -2.13. The summed E-state index contributed by atoms with van der Waals surface area (Å²) in [5, 5.41) is 3.04. The zero-order chi connectivity index (χ0) is 13.1. The molecule has 0 bridgehead atoms. The van der Waals surface area contributed by atoms with Gasteiger partial charge in [0.2, 0.25) is 0 Å². The van der Waals surface area contributed by atoms with Crippen LogP contribution in [0, 0.1) is 0 Å².